The maximum atomic E-state index is 11.6. The molecule has 0 aromatic rings. The molecule has 0 fully saturated rings. The molecule has 128 valence electrons. The van der Waals surface area contributed by atoms with Crippen molar-refractivity contribution >= 4 is 7.82 Å². The first-order valence-electron chi connectivity index (χ1n) is 7.89. The van der Waals surface area contributed by atoms with E-state index in [2.05, 4.69) is 6.92 Å². The van der Waals surface area contributed by atoms with E-state index < -0.39 is 7.82 Å². The highest BCUT2D eigenvalue weighted by Gasteiger charge is 2.22. The normalized spacial score (nSPS) is 14.5. The second-order valence-electron chi connectivity index (χ2n) is 5.26. The molecule has 1 unspecified atom stereocenters. The molecule has 0 amide bonds. The van der Waals surface area contributed by atoms with E-state index in [4.69, 9.17) is 19.3 Å². The van der Waals surface area contributed by atoms with Crippen molar-refractivity contribution in [3.8, 4) is 0 Å². The Kier molecular flexibility index (Phi) is 13.7. The molecule has 0 aliphatic heterocycles. The van der Waals surface area contributed by atoms with Crippen LogP contribution in [0.5, 0.6) is 0 Å². The van der Waals surface area contributed by atoms with Gasteiger partial charge in [-0.3, -0.25) is 9.05 Å². The monoisotopic (exact) mass is 326 g/mol. The zero-order chi connectivity index (χ0) is 16.0. The molecule has 0 radical (unpaired) electrons. The van der Waals surface area contributed by atoms with E-state index in [9.17, 15) is 9.46 Å². The summed E-state index contributed by atoms with van der Waals surface area (Å²) in [7, 11) is -4.02. The van der Waals surface area contributed by atoms with Crippen LogP contribution in [0, 0.1) is 5.92 Å². The van der Waals surface area contributed by atoms with Gasteiger partial charge in [-0.25, -0.2) is 4.57 Å². The minimum absolute atomic E-state index is 0.00535. The van der Waals surface area contributed by atoms with Crippen molar-refractivity contribution in [2.24, 2.45) is 5.92 Å². The lowest BCUT2D eigenvalue weighted by atomic mass is 10.0. The van der Waals surface area contributed by atoms with Crippen molar-refractivity contribution in [1.82, 2.24) is 0 Å². The van der Waals surface area contributed by atoms with Crippen LogP contribution >= 0.6 is 7.82 Å². The lowest BCUT2D eigenvalue weighted by molar-refractivity contribution is 0.109. The van der Waals surface area contributed by atoms with E-state index in [0.29, 0.717) is 12.8 Å². The maximum Gasteiger partial charge on any atom is 0.472 e. The van der Waals surface area contributed by atoms with Gasteiger partial charge >= 0.3 is 7.82 Å². The van der Waals surface area contributed by atoms with E-state index in [1.54, 1.807) is 0 Å². The molecule has 0 aliphatic carbocycles. The van der Waals surface area contributed by atoms with Gasteiger partial charge in [0, 0.05) is 13.2 Å². The van der Waals surface area contributed by atoms with Crippen LogP contribution in [0.3, 0.4) is 0 Å². The fourth-order valence-corrected chi connectivity index (χ4v) is 2.81. The van der Waals surface area contributed by atoms with Crippen LogP contribution in [0.4, 0.5) is 0 Å². The molecule has 7 heteroatoms. The molecular formula is C14H31O6P. The Labute approximate surface area is 128 Å². The summed E-state index contributed by atoms with van der Waals surface area (Å²) >= 11 is 0. The molecule has 0 aromatic carbocycles. The third-order valence-electron chi connectivity index (χ3n) is 3.30. The Bertz CT molecular complexity index is 268. The summed E-state index contributed by atoms with van der Waals surface area (Å²) in [5.41, 5.74) is 0. The number of unbranched alkanes of at least 4 members (excludes halogenated alkanes) is 5. The fourth-order valence-electron chi connectivity index (χ4n) is 1.98. The topological polar surface area (TPSA) is 96.2 Å². The van der Waals surface area contributed by atoms with Gasteiger partial charge in [0.15, 0.2) is 0 Å². The molecule has 0 aliphatic rings. The van der Waals surface area contributed by atoms with Crippen molar-refractivity contribution in [3.63, 3.8) is 0 Å². The van der Waals surface area contributed by atoms with Crippen LogP contribution in [-0.4, -0.2) is 41.5 Å². The van der Waals surface area contributed by atoms with E-state index >= 15 is 0 Å². The minimum Gasteiger partial charge on any atom is -0.396 e. The molecule has 0 saturated heterocycles. The number of hydrogen-bond acceptors (Lipinski definition) is 5. The number of aliphatic hydroxyl groups excluding tert-OH is 2. The van der Waals surface area contributed by atoms with Crippen LogP contribution in [0.25, 0.3) is 0 Å². The molecule has 0 spiro atoms. The number of hydrogen-bond donors (Lipinski definition) is 3. The highest BCUT2D eigenvalue weighted by molar-refractivity contribution is 7.47. The van der Waals surface area contributed by atoms with Gasteiger partial charge in [-0.05, 0) is 25.2 Å². The second kappa shape index (κ2) is 13.7. The fraction of sp³-hybridized carbons (Fsp3) is 1.00. The highest BCUT2D eigenvalue weighted by atomic mass is 31.2. The summed E-state index contributed by atoms with van der Waals surface area (Å²) in [6, 6.07) is 0. The Hall–Kier alpha value is 0.0300. The molecule has 0 bridgehead atoms. The molecule has 0 saturated carbocycles. The van der Waals surface area contributed by atoms with Crippen LogP contribution < -0.4 is 0 Å². The SMILES string of the molecule is CCCCCCCCOP(=O)(O)OCC(CCO)CCO. The van der Waals surface area contributed by atoms with Crippen molar-refractivity contribution < 1.29 is 28.7 Å². The summed E-state index contributed by atoms with van der Waals surface area (Å²) in [6.45, 7) is 2.30. The molecule has 21 heavy (non-hydrogen) atoms. The van der Waals surface area contributed by atoms with Crippen molar-refractivity contribution in [2.75, 3.05) is 26.4 Å². The summed E-state index contributed by atoms with van der Waals surface area (Å²) in [6.07, 6.45) is 7.30. The van der Waals surface area contributed by atoms with Gasteiger partial charge in [0.05, 0.1) is 13.2 Å². The van der Waals surface area contributed by atoms with Crippen molar-refractivity contribution in [2.45, 2.75) is 58.3 Å². The van der Waals surface area contributed by atoms with Gasteiger partial charge in [-0.2, -0.15) is 0 Å². The van der Waals surface area contributed by atoms with Gasteiger partial charge in [0.2, 0.25) is 0 Å². The first kappa shape index (κ1) is 21.0. The van der Waals surface area contributed by atoms with E-state index in [-0.39, 0.29) is 32.3 Å². The lowest BCUT2D eigenvalue weighted by Gasteiger charge is -2.17. The van der Waals surface area contributed by atoms with Crippen LogP contribution in [0.1, 0.15) is 58.3 Å². The number of aliphatic hydroxyl groups is 2. The highest BCUT2D eigenvalue weighted by Crippen LogP contribution is 2.44. The predicted molar refractivity (Wildman–Crippen MR) is 82.0 cm³/mol. The second-order valence-corrected chi connectivity index (χ2v) is 6.71. The molecule has 0 heterocycles. The molecule has 1 atom stereocenters. The van der Waals surface area contributed by atoms with Gasteiger partial charge in [0.1, 0.15) is 0 Å². The lowest BCUT2D eigenvalue weighted by Crippen LogP contribution is -2.13. The molecule has 6 nitrogen and oxygen atoms in total. The molecular weight excluding hydrogens is 295 g/mol. The van der Waals surface area contributed by atoms with E-state index in [0.717, 1.165) is 19.3 Å². The average Bonchev–Trinajstić information content (AvgIpc) is 2.44. The Balaban J connectivity index is 3.73. The predicted octanol–water partition coefficient (Wildman–Crippen LogP) is 2.86. The summed E-state index contributed by atoms with van der Waals surface area (Å²) in [5.74, 6) is -0.141. The smallest absolute Gasteiger partial charge is 0.396 e. The summed E-state index contributed by atoms with van der Waals surface area (Å²) < 4.78 is 21.5. The van der Waals surface area contributed by atoms with Gasteiger partial charge in [-0.15, -0.1) is 0 Å². The van der Waals surface area contributed by atoms with Crippen LogP contribution in [0.2, 0.25) is 0 Å². The maximum absolute atomic E-state index is 11.6. The zero-order valence-corrected chi connectivity index (χ0v) is 14.0. The quantitative estimate of drug-likeness (QED) is 0.316. The Morgan fingerprint density at radius 2 is 1.52 bits per heavy atom. The Morgan fingerprint density at radius 1 is 0.952 bits per heavy atom. The van der Waals surface area contributed by atoms with Gasteiger partial charge in [-0.1, -0.05) is 39.0 Å². The first-order valence-corrected chi connectivity index (χ1v) is 9.38. The first-order chi connectivity index (χ1) is 10.1. The number of phosphoric ester groups is 1. The van der Waals surface area contributed by atoms with Crippen molar-refractivity contribution in [3.05, 3.63) is 0 Å². The Morgan fingerprint density at radius 3 is 2.10 bits per heavy atom. The molecule has 0 rings (SSSR count). The largest absolute Gasteiger partial charge is 0.472 e. The number of phosphoric acid groups is 1. The molecule has 3 N–H and O–H groups in total. The van der Waals surface area contributed by atoms with Crippen LogP contribution in [-0.2, 0) is 13.6 Å². The van der Waals surface area contributed by atoms with E-state index in [1.807, 2.05) is 0 Å². The summed E-state index contributed by atoms with van der Waals surface area (Å²) in [5, 5.41) is 17.7. The summed E-state index contributed by atoms with van der Waals surface area (Å²) in [4.78, 5) is 9.53. The third kappa shape index (κ3) is 13.4. The minimum atomic E-state index is -4.02. The standard InChI is InChI=1S/C14H31O6P/c1-2-3-4-5-6-7-12-19-21(17,18)20-13-14(8-10-15)9-11-16/h14-16H,2-13H2,1H3,(H,17,18). The molecule has 0 aromatic heterocycles. The number of rotatable bonds is 15. The van der Waals surface area contributed by atoms with Gasteiger partial charge in [0.25, 0.3) is 0 Å². The average molecular weight is 326 g/mol. The van der Waals surface area contributed by atoms with Gasteiger partial charge < -0.3 is 15.1 Å². The van der Waals surface area contributed by atoms with Crippen molar-refractivity contribution in [1.29, 1.82) is 0 Å². The zero-order valence-electron chi connectivity index (χ0n) is 13.1. The van der Waals surface area contributed by atoms with Crippen LogP contribution in [0.15, 0.2) is 0 Å². The van der Waals surface area contributed by atoms with E-state index in [1.165, 1.54) is 19.3 Å². The third-order valence-corrected chi connectivity index (χ3v) is 4.28.